The molecule has 1 N–H and O–H groups in total. The van der Waals surface area contributed by atoms with Gasteiger partial charge < -0.3 is 48.8 Å². The molecule has 0 saturated heterocycles. The molecule has 51 heavy (non-hydrogen) atoms. The fraction of sp³-hybridized carbons (Fsp3) is 0.250. The molecule has 254 valence electrons. The van der Waals surface area contributed by atoms with E-state index in [4.69, 9.17) is 13.9 Å². The number of carbonyl (C=O) groups excluding carboxylic acids is 3. The number of fused-ring (bicyclic) bond motifs is 2. The molecule has 5 rings (SSSR count). The predicted octanol–water partition coefficient (Wildman–Crippen LogP) is -4.32. The molecule has 3 aromatic carbocycles. The van der Waals surface area contributed by atoms with Gasteiger partial charge in [-0.05, 0) is 60.9 Å². The van der Waals surface area contributed by atoms with Crippen LogP contribution >= 0.6 is 0 Å². The SMILES string of the molecule is Cc1ccc(C)c(OCCOc2cc(CNC(=O)c3cc(=O)cc4oc5cc(N(C)C)ccc5nc3-4)ccc2N(CC(=O)[O-])CC(=O)[O-])c1.[Li+].[Li+]. The molecule has 13 nitrogen and oxygen atoms in total. The van der Waals surface area contributed by atoms with Crippen LogP contribution in [-0.4, -0.2) is 63.2 Å². The molecule has 0 aromatic heterocycles. The summed E-state index contributed by atoms with van der Waals surface area (Å²) >= 11 is 0. The Morgan fingerprint density at radius 1 is 0.843 bits per heavy atom. The van der Waals surface area contributed by atoms with E-state index in [1.54, 1.807) is 24.3 Å². The minimum absolute atomic E-state index is 0. The van der Waals surface area contributed by atoms with Crippen LogP contribution in [0.25, 0.3) is 22.6 Å². The number of aromatic nitrogens is 1. The quantitative estimate of drug-likeness (QED) is 0.0679. The van der Waals surface area contributed by atoms with Crippen molar-refractivity contribution in [1.29, 1.82) is 0 Å². The van der Waals surface area contributed by atoms with Crippen LogP contribution in [0.2, 0.25) is 0 Å². The summed E-state index contributed by atoms with van der Waals surface area (Å²) in [4.78, 5) is 56.4. The fourth-order valence-electron chi connectivity index (χ4n) is 5.17. The predicted molar refractivity (Wildman–Crippen MR) is 178 cm³/mol. The number of aliphatic carboxylic acids is 2. The maximum atomic E-state index is 13.4. The van der Waals surface area contributed by atoms with E-state index >= 15 is 0 Å². The van der Waals surface area contributed by atoms with E-state index in [2.05, 4.69) is 10.3 Å². The minimum Gasteiger partial charge on any atom is -0.548 e. The van der Waals surface area contributed by atoms with Gasteiger partial charge in [0.25, 0.3) is 5.91 Å². The first-order chi connectivity index (χ1) is 23.4. The second-order valence-corrected chi connectivity index (χ2v) is 11.6. The third-order valence-corrected chi connectivity index (χ3v) is 7.61. The Morgan fingerprint density at radius 2 is 1.53 bits per heavy atom. The maximum absolute atomic E-state index is 13.4. The summed E-state index contributed by atoms with van der Waals surface area (Å²) in [5.41, 5.74) is 4.28. The number of aryl methyl sites for hydroxylation is 2. The van der Waals surface area contributed by atoms with Gasteiger partial charge >= 0.3 is 37.7 Å². The molecular weight excluding hydrogens is 646 g/mol. The summed E-state index contributed by atoms with van der Waals surface area (Å²) in [5, 5.41) is 25.7. The topological polar surface area (TPSA) is 177 Å². The van der Waals surface area contributed by atoms with E-state index in [0.717, 1.165) is 21.7 Å². The van der Waals surface area contributed by atoms with Crippen LogP contribution in [0.4, 0.5) is 11.4 Å². The molecule has 1 aliphatic heterocycles. The average molecular weight is 681 g/mol. The number of nitrogens with one attached hydrogen (secondary N) is 1. The fourth-order valence-corrected chi connectivity index (χ4v) is 5.17. The van der Waals surface area contributed by atoms with E-state index in [1.807, 2.05) is 57.1 Å². The zero-order chi connectivity index (χ0) is 35.2. The van der Waals surface area contributed by atoms with E-state index < -0.39 is 36.4 Å². The molecule has 2 aliphatic rings. The van der Waals surface area contributed by atoms with E-state index in [0.29, 0.717) is 22.4 Å². The van der Waals surface area contributed by atoms with Crippen LogP contribution in [-0.2, 0) is 16.1 Å². The zero-order valence-electron chi connectivity index (χ0n) is 29.4. The van der Waals surface area contributed by atoms with Gasteiger partial charge in [0, 0.05) is 44.5 Å². The van der Waals surface area contributed by atoms with Crippen LogP contribution < -0.4 is 78.0 Å². The van der Waals surface area contributed by atoms with Gasteiger partial charge in [0.2, 0.25) is 0 Å². The number of rotatable bonds is 14. The van der Waals surface area contributed by atoms with Crippen molar-refractivity contribution in [2.24, 2.45) is 0 Å². The number of carboxylic acid groups (broad SMARTS) is 2. The van der Waals surface area contributed by atoms with E-state index in [1.165, 1.54) is 18.2 Å². The number of carbonyl (C=O) groups is 3. The molecular formula is C36H34Li2N4O9. The Labute approximate surface area is 318 Å². The Morgan fingerprint density at radius 3 is 2.20 bits per heavy atom. The van der Waals surface area contributed by atoms with Gasteiger partial charge in [-0.15, -0.1) is 0 Å². The number of nitrogens with zero attached hydrogens (tertiary/aromatic N) is 3. The van der Waals surface area contributed by atoms with Crippen molar-refractivity contribution < 1.29 is 76.2 Å². The summed E-state index contributed by atoms with van der Waals surface area (Å²) < 4.78 is 17.8. The molecule has 1 aliphatic carbocycles. The molecule has 0 saturated carbocycles. The number of hydrogen-bond donors (Lipinski definition) is 1. The van der Waals surface area contributed by atoms with Crippen molar-refractivity contribution in [3.05, 3.63) is 99.2 Å². The summed E-state index contributed by atoms with van der Waals surface area (Å²) in [6.45, 7) is 2.51. The monoisotopic (exact) mass is 680 g/mol. The van der Waals surface area contributed by atoms with Crippen molar-refractivity contribution in [1.82, 2.24) is 10.3 Å². The Bertz CT molecular complexity index is 2050. The van der Waals surface area contributed by atoms with Crippen LogP contribution in [0.15, 0.2) is 75.9 Å². The van der Waals surface area contributed by atoms with Gasteiger partial charge in [0.1, 0.15) is 35.9 Å². The molecule has 0 bridgehead atoms. The second-order valence-electron chi connectivity index (χ2n) is 11.6. The van der Waals surface area contributed by atoms with Crippen molar-refractivity contribution in [3.8, 4) is 23.0 Å². The van der Waals surface area contributed by atoms with Crippen molar-refractivity contribution >= 4 is 40.3 Å². The Balaban J connectivity index is 0.00000351. The molecule has 0 unspecified atom stereocenters. The van der Waals surface area contributed by atoms with Crippen LogP contribution in [0, 0.1) is 13.8 Å². The van der Waals surface area contributed by atoms with Gasteiger partial charge in [-0.2, -0.15) is 0 Å². The van der Waals surface area contributed by atoms with E-state index in [-0.39, 0.29) is 85.9 Å². The van der Waals surface area contributed by atoms with Gasteiger partial charge in [0.05, 0.1) is 36.3 Å². The van der Waals surface area contributed by atoms with Gasteiger partial charge in [-0.25, -0.2) is 4.98 Å². The number of benzene rings is 4. The van der Waals surface area contributed by atoms with Gasteiger partial charge in [-0.3, -0.25) is 9.59 Å². The summed E-state index contributed by atoms with van der Waals surface area (Å²) in [6.07, 6.45) is 0. The molecule has 15 heteroatoms. The van der Waals surface area contributed by atoms with Crippen molar-refractivity contribution in [3.63, 3.8) is 0 Å². The van der Waals surface area contributed by atoms with E-state index in [9.17, 15) is 29.4 Å². The third-order valence-electron chi connectivity index (χ3n) is 7.61. The number of ether oxygens (including phenoxy) is 2. The van der Waals surface area contributed by atoms with Crippen LogP contribution in [0.5, 0.6) is 11.5 Å². The summed E-state index contributed by atoms with van der Waals surface area (Å²) in [5.74, 6) is -2.60. The first-order valence-electron chi connectivity index (χ1n) is 15.3. The molecule has 3 aromatic rings. The summed E-state index contributed by atoms with van der Waals surface area (Å²) in [7, 11) is 3.77. The molecule has 0 fully saturated rings. The van der Waals surface area contributed by atoms with Crippen molar-refractivity contribution in [2.75, 3.05) is 50.2 Å². The zero-order valence-corrected chi connectivity index (χ0v) is 29.4. The Hall–Kier alpha value is -4.92. The maximum Gasteiger partial charge on any atom is 1.00 e. The number of anilines is 2. The largest absolute Gasteiger partial charge is 1.00 e. The molecule has 1 heterocycles. The van der Waals surface area contributed by atoms with Crippen LogP contribution in [0.1, 0.15) is 27.0 Å². The van der Waals surface area contributed by atoms with Crippen LogP contribution in [0.3, 0.4) is 0 Å². The van der Waals surface area contributed by atoms with Crippen molar-refractivity contribution in [2.45, 2.75) is 20.4 Å². The third kappa shape index (κ3) is 10.3. The minimum atomic E-state index is -1.50. The molecule has 0 radical (unpaired) electrons. The first-order valence-corrected chi connectivity index (χ1v) is 15.3. The number of amides is 1. The van der Waals surface area contributed by atoms with Gasteiger partial charge in [-0.1, -0.05) is 18.2 Å². The smallest absolute Gasteiger partial charge is 0.548 e. The number of hydrogen-bond acceptors (Lipinski definition) is 12. The summed E-state index contributed by atoms with van der Waals surface area (Å²) in [6, 6.07) is 18.3. The second kappa shape index (κ2) is 17.8. The standard InChI is InChI=1S/C36H36N4O9.2Li/c1-21-5-6-22(2)29(13-21)47-11-12-48-31-14-23(7-10-28(31)40(19-33(42)43)20-34(44)45)18-37-36(46)26-16-25(41)17-32-35(26)38-27-9-8-24(39(3)4)15-30(27)49-32;;/h5-10,13-17H,11-12,18-20H2,1-4H3,(H,37,46)(H,42,43)(H,44,45);;/q;2*+1/p-2. The average Bonchev–Trinajstić information content (AvgIpc) is 3.04. The molecule has 1 amide bonds. The molecule has 0 spiro atoms. The Kier molecular flexibility index (Phi) is 14.2. The van der Waals surface area contributed by atoms with Gasteiger partial charge in [0.15, 0.2) is 16.8 Å². The molecule has 0 atom stereocenters. The number of carboxylic acids is 2. The first kappa shape index (κ1) is 40.5. The normalized spacial score (nSPS) is 10.5.